The zero-order valence-corrected chi connectivity index (χ0v) is 9.58. The molecule has 17 heavy (non-hydrogen) atoms. The van der Waals surface area contributed by atoms with Gasteiger partial charge in [-0.25, -0.2) is 4.39 Å². The van der Waals surface area contributed by atoms with Crippen molar-refractivity contribution in [2.24, 2.45) is 0 Å². The van der Waals surface area contributed by atoms with Gasteiger partial charge < -0.3 is 10.2 Å². The highest BCUT2D eigenvalue weighted by molar-refractivity contribution is 6.01. The molecule has 1 N–H and O–H groups in total. The second kappa shape index (κ2) is 4.11. The Bertz CT molecular complexity index is 455. The number of piperidine rings is 1. The highest BCUT2D eigenvalue weighted by atomic mass is 19.1. The van der Waals surface area contributed by atoms with Crippen molar-refractivity contribution in [1.82, 2.24) is 5.32 Å². The lowest BCUT2D eigenvalue weighted by molar-refractivity contribution is -0.117. The van der Waals surface area contributed by atoms with Crippen LogP contribution in [0.25, 0.3) is 0 Å². The van der Waals surface area contributed by atoms with E-state index in [1.165, 1.54) is 12.1 Å². The van der Waals surface area contributed by atoms with Crippen LogP contribution in [0.1, 0.15) is 18.4 Å². The van der Waals surface area contributed by atoms with E-state index >= 15 is 0 Å². The van der Waals surface area contributed by atoms with Crippen molar-refractivity contribution in [2.75, 3.05) is 18.0 Å². The third-order valence-electron chi connectivity index (χ3n) is 3.55. The average molecular weight is 234 g/mol. The number of nitrogens with zero attached hydrogens (tertiary/aromatic N) is 1. The molecule has 2 aliphatic rings. The van der Waals surface area contributed by atoms with Gasteiger partial charge in [-0.05, 0) is 37.1 Å². The molecule has 0 bridgehead atoms. The number of hydrogen-bond donors (Lipinski definition) is 1. The molecule has 0 spiro atoms. The van der Waals surface area contributed by atoms with Crippen LogP contribution in [-0.4, -0.2) is 25.0 Å². The summed E-state index contributed by atoms with van der Waals surface area (Å²) in [6.45, 7) is 1.82. The Balaban J connectivity index is 1.95. The first-order valence-electron chi connectivity index (χ1n) is 6.07. The van der Waals surface area contributed by atoms with Crippen LogP contribution in [0.2, 0.25) is 0 Å². The fraction of sp³-hybridized carbons (Fsp3) is 0.462. The van der Waals surface area contributed by atoms with Gasteiger partial charge in [0.15, 0.2) is 0 Å². The van der Waals surface area contributed by atoms with Crippen LogP contribution in [0, 0.1) is 5.82 Å². The number of rotatable bonds is 1. The van der Waals surface area contributed by atoms with Crippen molar-refractivity contribution < 1.29 is 9.18 Å². The van der Waals surface area contributed by atoms with E-state index in [0.717, 1.165) is 37.2 Å². The van der Waals surface area contributed by atoms with Gasteiger partial charge in [0.2, 0.25) is 5.91 Å². The lowest BCUT2D eigenvalue weighted by Crippen LogP contribution is -2.47. The Morgan fingerprint density at radius 2 is 2.29 bits per heavy atom. The number of fused-ring (bicyclic) bond motifs is 1. The second-order valence-electron chi connectivity index (χ2n) is 4.71. The summed E-state index contributed by atoms with van der Waals surface area (Å²) < 4.78 is 13.3. The molecule has 0 aliphatic carbocycles. The van der Waals surface area contributed by atoms with Crippen molar-refractivity contribution in [3.63, 3.8) is 0 Å². The lowest BCUT2D eigenvalue weighted by atomic mass is 10.1. The molecule has 0 aromatic heterocycles. The van der Waals surface area contributed by atoms with Gasteiger partial charge in [0.05, 0.1) is 12.1 Å². The third kappa shape index (κ3) is 1.82. The summed E-state index contributed by atoms with van der Waals surface area (Å²) in [5, 5.41) is 3.29. The monoisotopic (exact) mass is 234 g/mol. The maximum atomic E-state index is 13.3. The van der Waals surface area contributed by atoms with Crippen molar-refractivity contribution >= 4 is 11.6 Å². The fourth-order valence-corrected chi connectivity index (χ4v) is 2.75. The second-order valence-corrected chi connectivity index (χ2v) is 4.71. The van der Waals surface area contributed by atoms with Crippen LogP contribution >= 0.6 is 0 Å². The number of hydrogen-bond acceptors (Lipinski definition) is 2. The molecule has 2 heterocycles. The summed E-state index contributed by atoms with van der Waals surface area (Å²) in [6.07, 6.45) is 2.47. The first-order valence-corrected chi connectivity index (χ1v) is 6.07. The Labute approximate surface area is 99.6 Å². The van der Waals surface area contributed by atoms with Crippen LogP contribution in [0.15, 0.2) is 18.2 Å². The van der Waals surface area contributed by atoms with Crippen LogP contribution in [0.5, 0.6) is 0 Å². The summed E-state index contributed by atoms with van der Waals surface area (Å²) >= 11 is 0. The fourth-order valence-electron chi connectivity index (χ4n) is 2.75. The molecule has 1 atom stereocenters. The Kier molecular flexibility index (Phi) is 2.59. The van der Waals surface area contributed by atoms with Crippen LogP contribution < -0.4 is 10.2 Å². The van der Waals surface area contributed by atoms with Gasteiger partial charge in [0, 0.05) is 12.6 Å². The summed E-state index contributed by atoms with van der Waals surface area (Å²) in [4.78, 5) is 13.8. The summed E-state index contributed by atoms with van der Waals surface area (Å²) in [7, 11) is 0. The maximum Gasteiger partial charge on any atom is 0.231 e. The molecule has 2 aliphatic heterocycles. The van der Waals surface area contributed by atoms with Crippen molar-refractivity contribution in [3.05, 3.63) is 29.6 Å². The van der Waals surface area contributed by atoms with Crippen molar-refractivity contribution in [3.8, 4) is 0 Å². The minimum absolute atomic E-state index is 0.0966. The van der Waals surface area contributed by atoms with Gasteiger partial charge in [-0.15, -0.1) is 0 Å². The zero-order valence-electron chi connectivity index (χ0n) is 9.58. The molecular formula is C13H15FN2O. The number of benzene rings is 1. The molecule has 1 aromatic rings. The van der Waals surface area contributed by atoms with E-state index < -0.39 is 0 Å². The predicted octanol–water partition coefficient (Wildman–Crippen LogP) is 1.47. The largest absolute Gasteiger partial charge is 0.315 e. The van der Waals surface area contributed by atoms with Crippen LogP contribution in [0.4, 0.5) is 10.1 Å². The quantitative estimate of drug-likeness (QED) is 0.798. The Morgan fingerprint density at radius 1 is 1.41 bits per heavy atom. The summed E-state index contributed by atoms with van der Waals surface area (Å²) in [5.74, 6) is -0.175. The molecule has 90 valence electrons. The molecule has 1 aromatic carbocycles. The standard InChI is InChI=1S/C13H15FN2O/c14-10-4-3-9-6-13(17)16(12(9)7-10)11-2-1-5-15-8-11/h3-4,7,11,15H,1-2,5-6,8H2. The number of halogens is 1. The number of carbonyl (C=O) groups excluding carboxylic acids is 1. The zero-order chi connectivity index (χ0) is 11.8. The number of nitrogens with one attached hydrogen (secondary N) is 1. The van der Waals surface area contributed by atoms with E-state index in [2.05, 4.69) is 5.32 Å². The first kappa shape index (κ1) is 10.7. The molecule has 0 saturated carbocycles. The molecule has 0 radical (unpaired) electrons. The SMILES string of the molecule is O=C1Cc2ccc(F)cc2N1C1CCCNC1. The molecule has 1 unspecified atom stereocenters. The van der Waals surface area contributed by atoms with Gasteiger partial charge in [-0.1, -0.05) is 6.07 Å². The summed E-state index contributed by atoms with van der Waals surface area (Å²) in [6, 6.07) is 4.81. The van der Waals surface area contributed by atoms with E-state index in [1.54, 1.807) is 11.0 Å². The number of amides is 1. The van der Waals surface area contributed by atoms with Crippen molar-refractivity contribution in [1.29, 1.82) is 0 Å². The molecule has 3 rings (SSSR count). The smallest absolute Gasteiger partial charge is 0.231 e. The van der Waals surface area contributed by atoms with Crippen LogP contribution in [-0.2, 0) is 11.2 Å². The lowest BCUT2D eigenvalue weighted by Gasteiger charge is -2.32. The van der Waals surface area contributed by atoms with Gasteiger partial charge in [-0.2, -0.15) is 0 Å². The Morgan fingerprint density at radius 3 is 3.06 bits per heavy atom. The predicted molar refractivity (Wildman–Crippen MR) is 63.5 cm³/mol. The third-order valence-corrected chi connectivity index (χ3v) is 3.55. The van der Waals surface area contributed by atoms with E-state index in [-0.39, 0.29) is 17.8 Å². The van der Waals surface area contributed by atoms with Gasteiger partial charge in [0.25, 0.3) is 0 Å². The highest BCUT2D eigenvalue weighted by Gasteiger charge is 2.33. The normalized spacial score (nSPS) is 23.9. The molecule has 1 saturated heterocycles. The number of carbonyl (C=O) groups is 1. The highest BCUT2D eigenvalue weighted by Crippen LogP contribution is 2.32. The van der Waals surface area contributed by atoms with Gasteiger partial charge in [0.1, 0.15) is 5.82 Å². The van der Waals surface area contributed by atoms with E-state index in [9.17, 15) is 9.18 Å². The van der Waals surface area contributed by atoms with Gasteiger partial charge >= 0.3 is 0 Å². The average Bonchev–Trinajstić information content (AvgIpc) is 2.65. The molecular weight excluding hydrogens is 219 g/mol. The van der Waals surface area contributed by atoms with E-state index in [0.29, 0.717) is 6.42 Å². The molecule has 4 heteroatoms. The number of anilines is 1. The van der Waals surface area contributed by atoms with Crippen molar-refractivity contribution in [2.45, 2.75) is 25.3 Å². The minimum Gasteiger partial charge on any atom is -0.315 e. The molecule has 3 nitrogen and oxygen atoms in total. The Hall–Kier alpha value is -1.42. The summed E-state index contributed by atoms with van der Waals surface area (Å²) in [5.41, 5.74) is 1.71. The molecule has 1 amide bonds. The maximum absolute atomic E-state index is 13.3. The van der Waals surface area contributed by atoms with Gasteiger partial charge in [-0.3, -0.25) is 4.79 Å². The first-order chi connectivity index (χ1) is 8.25. The minimum atomic E-state index is -0.271. The van der Waals surface area contributed by atoms with E-state index in [1.807, 2.05) is 0 Å². The van der Waals surface area contributed by atoms with Crippen LogP contribution in [0.3, 0.4) is 0 Å². The molecule has 1 fully saturated rings. The topological polar surface area (TPSA) is 32.3 Å². The van der Waals surface area contributed by atoms with E-state index in [4.69, 9.17) is 0 Å².